The van der Waals surface area contributed by atoms with Gasteiger partial charge in [-0.25, -0.2) is 0 Å². The van der Waals surface area contributed by atoms with Crippen molar-refractivity contribution in [2.24, 2.45) is 0 Å². The van der Waals surface area contributed by atoms with Gasteiger partial charge in [-0.1, -0.05) is 0 Å². The molecule has 0 spiro atoms. The Morgan fingerprint density at radius 2 is 1.08 bits per heavy atom. The molecule has 148 valence electrons. The summed E-state index contributed by atoms with van der Waals surface area (Å²) in [6, 6.07) is -8.36. The summed E-state index contributed by atoms with van der Waals surface area (Å²) in [6.45, 7) is 0. The molecule has 0 amide bonds. The minimum Gasteiger partial charge on any atom is -0.397 e. The third-order valence-corrected chi connectivity index (χ3v) is 1.98. The predicted molar refractivity (Wildman–Crippen MR) is 43.4 cm³/mol. The van der Waals surface area contributed by atoms with Gasteiger partial charge in [-0.15, -0.1) is 0 Å². The Labute approximate surface area is 125 Å². The number of rotatable bonds is 7. The number of halogens is 14. The van der Waals surface area contributed by atoms with Crippen molar-refractivity contribution in [1.82, 2.24) is 0 Å². The summed E-state index contributed by atoms with van der Waals surface area (Å²) in [5, 5.41) is 0. The zero-order valence-corrected chi connectivity index (χ0v) is 10.5. The van der Waals surface area contributed by atoms with Gasteiger partial charge in [0.1, 0.15) is 0 Å². The van der Waals surface area contributed by atoms with Crippen molar-refractivity contribution in [3.8, 4) is 0 Å². The largest absolute Gasteiger partial charge is 0.475 e. The van der Waals surface area contributed by atoms with Crippen molar-refractivity contribution in [2.45, 2.75) is 30.2 Å². The van der Waals surface area contributed by atoms with Crippen molar-refractivity contribution in [3.05, 3.63) is 12.1 Å². The summed E-state index contributed by atoms with van der Waals surface area (Å²) in [5.41, 5.74) is 0. The smallest absolute Gasteiger partial charge is 0.397 e. The monoisotopic (exact) mass is 410 g/mol. The second kappa shape index (κ2) is 6.49. The lowest BCUT2D eigenvalue weighted by atomic mass is 10.2. The molecule has 0 saturated heterocycles. The summed E-state index contributed by atoms with van der Waals surface area (Å²) >= 11 is 0. The van der Waals surface area contributed by atoms with Crippen LogP contribution in [0.25, 0.3) is 0 Å². The first-order chi connectivity index (χ1) is 10.7. The molecule has 1 atom stereocenters. The molecule has 0 aliphatic carbocycles. The van der Waals surface area contributed by atoms with Gasteiger partial charge in [-0.2, -0.15) is 61.5 Å². The van der Waals surface area contributed by atoms with E-state index in [2.05, 4.69) is 0 Å². The van der Waals surface area contributed by atoms with Crippen molar-refractivity contribution < 1.29 is 75.7 Å². The number of ether oxygens (including phenoxy) is 2. The summed E-state index contributed by atoms with van der Waals surface area (Å²) in [5.74, 6) is -14.4. The van der Waals surface area contributed by atoms with Crippen LogP contribution in [0.15, 0.2) is 12.1 Å². The molecule has 0 bridgehead atoms. The highest BCUT2D eigenvalue weighted by molar-refractivity contribution is 5.77. The van der Waals surface area contributed by atoms with Crippen LogP contribution < -0.4 is 0 Å². The molecular formula is C8F14O3. The van der Waals surface area contributed by atoms with Gasteiger partial charge in [0, 0.05) is 0 Å². The van der Waals surface area contributed by atoms with Crippen molar-refractivity contribution in [3.63, 3.8) is 0 Å². The van der Waals surface area contributed by atoms with Crippen LogP contribution >= 0.6 is 0 Å². The van der Waals surface area contributed by atoms with Crippen LogP contribution in [0.4, 0.5) is 61.5 Å². The molecule has 0 fully saturated rings. The molecular weight excluding hydrogens is 410 g/mol. The number of alkyl halides is 10. The van der Waals surface area contributed by atoms with E-state index in [9.17, 15) is 66.3 Å². The lowest BCUT2D eigenvalue weighted by Gasteiger charge is -2.34. The van der Waals surface area contributed by atoms with Crippen LogP contribution in [0.5, 0.6) is 0 Å². The lowest BCUT2D eigenvalue weighted by Crippen LogP contribution is -2.62. The average molecular weight is 410 g/mol. The molecule has 3 nitrogen and oxygen atoms in total. The molecule has 0 rings (SSSR count). The van der Waals surface area contributed by atoms with E-state index >= 15 is 0 Å². The van der Waals surface area contributed by atoms with Gasteiger partial charge >= 0.3 is 48.3 Å². The van der Waals surface area contributed by atoms with Crippen LogP contribution in [-0.4, -0.2) is 36.2 Å². The first kappa shape index (κ1) is 23.2. The molecule has 0 aliphatic rings. The minimum absolute atomic E-state index is 1.56. The average Bonchev–Trinajstić information content (AvgIpc) is 2.35. The number of carbonyl (C=O) groups excluding carboxylic acids is 1. The van der Waals surface area contributed by atoms with E-state index in [0.29, 0.717) is 0 Å². The Balaban J connectivity index is 5.97. The molecule has 0 aromatic carbocycles. The van der Waals surface area contributed by atoms with Gasteiger partial charge in [0.2, 0.25) is 0 Å². The first-order valence-electron chi connectivity index (χ1n) is 4.92. The maximum Gasteiger partial charge on any atom is 0.475 e. The fourth-order valence-corrected chi connectivity index (χ4v) is 0.835. The molecule has 17 heteroatoms. The van der Waals surface area contributed by atoms with Crippen molar-refractivity contribution in [2.75, 3.05) is 0 Å². The number of hydrogen-bond acceptors (Lipinski definition) is 3. The van der Waals surface area contributed by atoms with Crippen molar-refractivity contribution in [1.29, 1.82) is 0 Å². The van der Waals surface area contributed by atoms with Gasteiger partial charge in [-0.05, 0) is 0 Å². The van der Waals surface area contributed by atoms with Crippen LogP contribution in [0.3, 0.4) is 0 Å². The summed E-state index contributed by atoms with van der Waals surface area (Å²) in [4.78, 5) is 9.78. The Bertz CT molecular complexity index is 547. The molecule has 1 unspecified atom stereocenters. The zero-order chi connectivity index (χ0) is 20.6. The van der Waals surface area contributed by atoms with Gasteiger partial charge in [0.15, 0.2) is 0 Å². The quantitative estimate of drug-likeness (QED) is 0.350. The summed E-state index contributed by atoms with van der Waals surface area (Å²) < 4.78 is 176. The van der Waals surface area contributed by atoms with E-state index < -0.39 is 48.3 Å². The SMILES string of the molecule is O=C(F)C(F)(OC(F)(F)C(F)(F)C(F)(F)OC(F)=C(F)F)C(F)(F)F. The van der Waals surface area contributed by atoms with Gasteiger partial charge < -0.3 is 4.74 Å². The molecule has 0 N–H and O–H groups in total. The standard InChI is InChI=1S/C8F14O3/c9-1(10)2(11)24-7(19,20)5(14,15)8(21,22)25-4(13,3(12)23)6(16,17)18. The van der Waals surface area contributed by atoms with Gasteiger partial charge in [0.05, 0.1) is 0 Å². The highest BCUT2D eigenvalue weighted by atomic mass is 19.4. The highest BCUT2D eigenvalue weighted by Crippen LogP contribution is 2.51. The summed E-state index contributed by atoms with van der Waals surface area (Å²) in [7, 11) is 0. The normalized spacial score (nSPS) is 16.2. The molecule has 0 heterocycles. The fourth-order valence-electron chi connectivity index (χ4n) is 0.835. The maximum atomic E-state index is 12.9. The Morgan fingerprint density at radius 1 is 0.680 bits per heavy atom. The van der Waals surface area contributed by atoms with Gasteiger partial charge in [-0.3, -0.25) is 9.53 Å². The Kier molecular flexibility index (Phi) is 6.02. The zero-order valence-electron chi connectivity index (χ0n) is 10.5. The fraction of sp³-hybridized carbons (Fsp3) is 0.625. The van der Waals surface area contributed by atoms with Crippen LogP contribution in [-0.2, 0) is 14.3 Å². The molecule has 0 radical (unpaired) electrons. The van der Waals surface area contributed by atoms with E-state index in [1.165, 1.54) is 0 Å². The molecule has 0 aromatic rings. The molecule has 0 aromatic heterocycles. The minimum atomic E-state index is -7.51. The second-order valence-corrected chi connectivity index (χ2v) is 3.71. The van der Waals surface area contributed by atoms with E-state index in [-0.39, 0.29) is 0 Å². The summed E-state index contributed by atoms with van der Waals surface area (Å²) in [6.07, 6.45) is -25.5. The lowest BCUT2D eigenvalue weighted by molar-refractivity contribution is -0.486. The maximum absolute atomic E-state index is 12.9. The first-order valence-corrected chi connectivity index (χ1v) is 4.92. The van der Waals surface area contributed by atoms with Crippen LogP contribution in [0.1, 0.15) is 0 Å². The molecule has 25 heavy (non-hydrogen) atoms. The van der Waals surface area contributed by atoms with Crippen molar-refractivity contribution >= 4 is 6.04 Å². The highest BCUT2D eigenvalue weighted by Gasteiger charge is 2.81. The third-order valence-electron chi connectivity index (χ3n) is 1.98. The number of carbonyl (C=O) groups is 1. The van der Waals surface area contributed by atoms with E-state index in [4.69, 9.17) is 0 Å². The number of hydrogen-bond donors (Lipinski definition) is 0. The van der Waals surface area contributed by atoms with Crippen LogP contribution in [0, 0.1) is 0 Å². The predicted octanol–water partition coefficient (Wildman–Crippen LogP) is 4.60. The van der Waals surface area contributed by atoms with E-state index in [1.807, 2.05) is 4.74 Å². The molecule has 0 saturated carbocycles. The molecule has 0 aliphatic heterocycles. The van der Waals surface area contributed by atoms with E-state index in [1.54, 1.807) is 4.74 Å². The van der Waals surface area contributed by atoms with Crippen LogP contribution in [0.2, 0.25) is 0 Å². The Morgan fingerprint density at radius 3 is 1.36 bits per heavy atom. The van der Waals surface area contributed by atoms with Gasteiger partial charge in [0.25, 0.3) is 0 Å². The Hall–Kier alpha value is -1.81. The third kappa shape index (κ3) is 4.24. The topological polar surface area (TPSA) is 35.5 Å². The van der Waals surface area contributed by atoms with E-state index in [0.717, 1.165) is 0 Å². The second-order valence-electron chi connectivity index (χ2n) is 3.71.